The maximum atomic E-state index is 12.0. The van der Waals surface area contributed by atoms with Gasteiger partial charge in [-0.1, -0.05) is 11.8 Å². The number of nitrogens with zero attached hydrogens (tertiary/aromatic N) is 2. The Morgan fingerprint density at radius 1 is 1.41 bits per heavy atom. The molecule has 0 atom stereocenters. The van der Waals surface area contributed by atoms with Crippen LogP contribution in [-0.2, 0) is 9.59 Å². The number of imide groups is 1. The van der Waals surface area contributed by atoms with Crippen LogP contribution in [0.3, 0.4) is 0 Å². The van der Waals surface area contributed by atoms with E-state index in [2.05, 4.69) is 15.6 Å². The molecule has 0 spiro atoms. The third kappa shape index (κ3) is 4.04. The smallest absolute Gasteiger partial charge is 0.288 e. The molecule has 0 aliphatic carbocycles. The Balaban J connectivity index is 1.88. The predicted molar refractivity (Wildman–Crippen MR) is 80.4 cm³/mol. The maximum Gasteiger partial charge on any atom is 0.288 e. The number of amides is 4. The number of anilines is 1. The van der Waals surface area contributed by atoms with Crippen LogP contribution < -0.4 is 10.6 Å². The number of pyridine rings is 1. The largest absolute Gasteiger partial charge is 0.350 e. The lowest BCUT2D eigenvalue weighted by Crippen LogP contribution is -2.37. The normalized spacial score (nSPS) is 14.1. The van der Waals surface area contributed by atoms with Crippen LogP contribution in [0.1, 0.15) is 17.3 Å². The number of hydrogen-bond acceptors (Lipinski definition) is 6. The van der Waals surface area contributed by atoms with E-state index in [1.807, 2.05) is 0 Å². The molecule has 2 rings (SSSR count). The topological polar surface area (TPSA) is 108 Å². The van der Waals surface area contributed by atoms with Gasteiger partial charge in [0.05, 0.1) is 5.75 Å². The highest BCUT2D eigenvalue weighted by Crippen LogP contribution is 2.17. The van der Waals surface area contributed by atoms with Crippen LogP contribution >= 0.6 is 11.8 Å². The van der Waals surface area contributed by atoms with Gasteiger partial charge in [0.1, 0.15) is 5.82 Å². The van der Waals surface area contributed by atoms with Gasteiger partial charge in [-0.2, -0.15) is 0 Å². The molecule has 1 aliphatic rings. The Kier molecular flexibility index (Phi) is 5.10. The fraction of sp³-hybridized carbons (Fsp3) is 0.308. The number of carbonyl (C=O) groups excluding carboxylic acids is 4. The van der Waals surface area contributed by atoms with E-state index in [0.29, 0.717) is 5.56 Å². The summed E-state index contributed by atoms with van der Waals surface area (Å²) in [6, 6.07) is 2.95. The highest BCUT2D eigenvalue weighted by Gasteiger charge is 2.29. The minimum absolute atomic E-state index is 0.139. The molecule has 0 unspecified atom stereocenters. The number of hydrogen-bond donors (Lipinski definition) is 2. The Morgan fingerprint density at radius 3 is 2.82 bits per heavy atom. The number of nitrogens with one attached hydrogen (secondary N) is 2. The summed E-state index contributed by atoms with van der Waals surface area (Å²) in [6.45, 7) is 1.64. The van der Waals surface area contributed by atoms with E-state index in [0.717, 1.165) is 16.7 Å². The van der Waals surface area contributed by atoms with Gasteiger partial charge in [-0.25, -0.2) is 4.98 Å². The van der Waals surface area contributed by atoms with Crippen LogP contribution in [-0.4, -0.2) is 51.7 Å². The standard InChI is InChI=1S/C13H14N4O4S/c1-8(18)16-10-6-9(2-3-14-10)12(20)15-4-5-17-11(19)7-22-13(17)21/h2-3,6H,4-5,7H2,1H3,(H,15,20)(H,14,16,18). The fourth-order valence-electron chi connectivity index (χ4n) is 1.80. The summed E-state index contributed by atoms with van der Waals surface area (Å²) < 4.78 is 0. The highest BCUT2D eigenvalue weighted by molar-refractivity contribution is 8.14. The van der Waals surface area contributed by atoms with E-state index in [1.165, 1.54) is 25.3 Å². The summed E-state index contributed by atoms with van der Waals surface area (Å²) in [4.78, 5) is 50.7. The molecule has 1 fully saturated rings. The van der Waals surface area contributed by atoms with Gasteiger partial charge in [0.25, 0.3) is 11.1 Å². The molecule has 0 saturated carbocycles. The van der Waals surface area contributed by atoms with Gasteiger partial charge in [-0.3, -0.25) is 24.1 Å². The Morgan fingerprint density at radius 2 is 2.18 bits per heavy atom. The SMILES string of the molecule is CC(=O)Nc1cc(C(=O)NCCN2C(=O)CSC2=O)ccn1. The third-order valence-corrected chi connectivity index (χ3v) is 3.65. The Hall–Kier alpha value is -2.42. The zero-order chi connectivity index (χ0) is 16.1. The van der Waals surface area contributed by atoms with Gasteiger partial charge in [0.2, 0.25) is 11.8 Å². The first-order valence-corrected chi connectivity index (χ1v) is 7.45. The van der Waals surface area contributed by atoms with E-state index in [-0.39, 0.29) is 47.6 Å². The van der Waals surface area contributed by atoms with Crippen molar-refractivity contribution in [2.24, 2.45) is 0 Å². The van der Waals surface area contributed by atoms with Crippen molar-refractivity contribution in [2.75, 3.05) is 24.2 Å². The minimum Gasteiger partial charge on any atom is -0.350 e. The summed E-state index contributed by atoms with van der Waals surface area (Å²) in [7, 11) is 0. The molecule has 1 aromatic rings. The van der Waals surface area contributed by atoms with Crippen LogP contribution in [0.5, 0.6) is 0 Å². The molecule has 1 aliphatic heterocycles. The summed E-state index contributed by atoms with van der Waals surface area (Å²) >= 11 is 0.953. The second-order valence-corrected chi connectivity index (χ2v) is 5.39. The van der Waals surface area contributed by atoms with Gasteiger partial charge in [-0.05, 0) is 12.1 Å². The molecular weight excluding hydrogens is 308 g/mol. The van der Waals surface area contributed by atoms with Gasteiger partial charge < -0.3 is 10.6 Å². The van der Waals surface area contributed by atoms with Gasteiger partial charge in [0.15, 0.2) is 0 Å². The lowest BCUT2D eigenvalue weighted by atomic mass is 10.2. The van der Waals surface area contributed by atoms with Crippen molar-refractivity contribution in [1.29, 1.82) is 0 Å². The molecule has 8 nitrogen and oxygen atoms in total. The lowest BCUT2D eigenvalue weighted by Gasteiger charge is -2.13. The quantitative estimate of drug-likeness (QED) is 0.815. The van der Waals surface area contributed by atoms with Gasteiger partial charge >= 0.3 is 0 Å². The first-order chi connectivity index (χ1) is 10.5. The van der Waals surface area contributed by atoms with Crippen molar-refractivity contribution in [2.45, 2.75) is 6.92 Å². The van der Waals surface area contributed by atoms with Gasteiger partial charge in [0, 0.05) is 31.8 Å². The zero-order valence-corrected chi connectivity index (χ0v) is 12.6. The monoisotopic (exact) mass is 322 g/mol. The molecule has 9 heteroatoms. The van der Waals surface area contributed by atoms with Crippen LogP contribution in [0.25, 0.3) is 0 Å². The molecule has 0 bridgehead atoms. The molecule has 0 aromatic carbocycles. The minimum atomic E-state index is -0.374. The maximum absolute atomic E-state index is 12.0. The van der Waals surface area contributed by atoms with E-state index in [1.54, 1.807) is 0 Å². The zero-order valence-electron chi connectivity index (χ0n) is 11.8. The number of rotatable bonds is 5. The molecular formula is C13H14N4O4S. The van der Waals surface area contributed by atoms with E-state index < -0.39 is 0 Å². The van der Waals surface area contributed by atoms with E-state index >= 15 is 0 Å². The summed E-state index contributed by atoms with van der Waals surface area (Å²) in [5.41, 5.74) is 0.326. The first-order valence-electron chi connectivity index (χ1n) is 6.46. The summed E-state index contributed by atoms with van der Waals surface area (Å²) in [5.74, 6) is -0.478. The number of thioether (sulfide) groups is 1. The second-order valence-electron chi connectivity index (χ2n) is 4.47. The second kappa shape index (κ2) is 7.03. The van der Waals surface area contributed by atoms with Crippen LogP contribution in [0, 0.1) is 0 Å². The Bertz CT molecular complexity index is 618. The average molecular weight is 322 g/mol. The third-order valence-electron chi connectivity index (χ3n) is 2.79. The molecule has 4 amide bonds. The van der Waals surface area contributed by atoms with E-state index in [9.17, 15) is 19.2 Å². The molecule has 1 saturated heterocycles. The molecule has 1 aromatic heterocycles. The molecule has 116 valence electrons. The number of aromatic nitrogens is 1. The van der Waals surface area contributed by atoms with E-state index in [4.69, 9.17) is 0 Å². The van der Waals surface area contributed by atoms with Crippen LogP contribution in [0.2, 0.25) is 0 Å². The fourth-order valence-corrected chi connectivity index (χ4v) is 2.55. The van der Waals surface area contributed by atoms with Crippen molar-refractivity contribution in [1.82, 2.24) is 15.2 Å². The summed E-state index contributed by atoms with van der Waals surface area (Å²) in [5, 5.41) is 4.80. The number of carbonyl (C=O) groups is 4. The average Bonchev–Trinajstić information content (AvgIpc) is 2.78. The molecule has 2 N–H and O–H groups in total. The summed E-state index contributed by atoms with van der Waals surface area (Å²) in [6.07, 6.45) is 1.41. The lowest BCUT2D eigenvalue weighted by molar-refractivity contribution is -0.124. The van der Waals surface area contributed by atoms with Crippen molar-refractivity contribution < 1.29 is 19.2 Å². The van der Waals surface area contributed by atoms with Crippen LogP contribution in [0.15, 0.2) is 18.3 Å². The molecule has 0 radical (unpaired) electrons. The van der Waals surface area contributed by atoms with Crippen molar-refractivity contribution in [3.63, 3.8) is 0 Å². The predicted octanol–water partition coefficient (Wildman–Crippen LogP) is 0.465. The van der Waals surface area contributed by atoms with Crippen molar-refractivity contribution in [3.05, 3.63) is 23.9 Å². The van der Waals surface area contributed by atoms with Crippen molar-refractivity contribution >= 4 is 40.5 Å². The Labute approximate surface area is 130 Å². The van der Waals surface area contributed by atoms with Gasteiger partial charge in [-0.15, -0.1) is 0 Å². The highest BCUT2D eigenvalue weighted by atomic mass is 32.2. The first kappa shape index (κ1) is 16.0. The van der Waals surface area contributed by atoms with Crippen molar-refractivity contribution in [3.8, 4) is 0 Å². The molecule has 22 heavy (non-hydrogen) atoms. The van der Waals surface area contributed by atoms with Crippen LogP contribution in [0.4, 0.5) is 10.6 Å². The molecule has 2 heterocycles.